The number of benzene rings is 2. The van der Waals surface area contributed by atoms with Crippen molar-refractivity contribution in [3.63, 3.8) is 0 Å². The van der Waals surface area contributed by atoms with E-state index in [1.807, 2.05) is 24.3 Å². The quantitative estimate of drug-likeness (QED) is 0.700. The predicted octanol–water partition coefficient (Wildman–Crippen LogP) is 2.69. The third-order valence-corrected chi connectivity index (χ3v) is 7.54. The van der Waals surface area contributed by atoms with E-state index < -0.39 is 17.6 Å². The van der Waals surface area contributed by atoms with Crippen LogP contribution in [0.2, 0.25) is 0 Å². The van der Waals surface area contributed by atoms with Gasteiger partial charge in [-0.3, -0.25) is 9.59 Å². The average Bonchev–Trinajstić information content (AvgIpc) is 3.19. The third-order valence-electron chi connectivity index (χ3n) is 6.44. The molecule has 0 aromatic heterocycles. The van der Waals surface area contributed by atoms with Gasteiger partial charge in [0.15, 0.2) is 0 Å². The molecule has 1 fully saturated rings. The number of nitrogens with one attached hydrogen (secondary N) is 2. The van der Waals surface area contributed by atoms with Gasteiger partial charge in [0.25, 0.3) is 5.91 Å². The van der Waals surface area contributed by atoms with Gasteiger partial charge in [-0.05, 0) is 35.7 Å². The molecule has 1 spiro atoms. The molecule has 5 amide bonds. The molecule has 9 nitrogen and oxygen atoms in total. The number of amides is 5. The highest BCUT2D eigenvalue weighted by Crippen LogP contribution is 2.46. The second-order valence-electron chi connectivity index (χ2n) is 8.43. The lowest BCUT2D eigenvalue weighted by molar-refractivity contribution is -0.142. The molecule has 1 unspecified atom stereocenters. The Morgan fingerprint density at radius 2 is 1.97 bits per heavy atom. The monoisotopic (exact) mass is 480 g/mol. The minimum Gasteiger partial charge on any atom is -0.427 e. The van der Waals surface area contributed by atoms with Crippen LogP contribution in [-0.2, 0) is 32.9 Å². The second kappa shape index (κ2) is 8.68. The number of carbonyl (C=O) groups excluding carboxylic acids is 4. The summed E-state index contributed by atoms with van der Waals surface area (Å²) >= 11 is 1.69. The number of nitrogens with zero attached hydrogens (tertiary/aromatic N) is 2. The van der Waals surface area contributed by atoms with Crippen molar-refractivity contribution < 1.29 is 23.9 Å². The lowest BCUT2D eigenvalue weighted by Gasteiger charge is -2.23. The molecule has 2 N–H and O–H groups in total. The van der Waals surface area contributed by atoms with Crippen LogP contribution in [0, 0.1) is 0 Å². The normalized spacial score (nSPS) is 21.1. The highest BCUT2D eigenvalue weighted by atomic mass is 32.2. The number of hydrogen-bond acceptors (Lipinski definition) is 6. The lowest BCUT2D eigenvalue weighted by Crippen LogP contribution is -2.44. The SMILES string of the molecule is CNC(=O)Nc1ccc2c(c1)CCC21OC(=O)N(CC(=O)N2CCSc3ccccc3C2)C1=O. The van der Waals surface area contributed by atoms with E-state index in [4.69, 9.17) is 4.74 Å². The lowest BCUT2D eigenvalue weighted by atomic mass is 9.94. The number of fused-ring (bicyclic) bond motifs is 3. The van der Waals surface area contributed by atoms with Crippen LogP contribution >= 0.6 is 11.8 Å². The maximum absolute atomic E-state index is 13.4. The molecule has 2 aliphatic heterocycles. The summed E-state index contributed by atoms with van der Waals surface area (Å²) < 4.78 is 5.64. The van der Waals surface area contributed by atoms with Crippen molar-refractivity contribution in [2.75, 3.05) is 31.2 Å². The highest BCUT2D eigenvalue weighted by Gasteiger charge is 2.58. The summed E-state index contributed by atoms with van der Waals surface area (Å²) in [5, 5.41) is 5.18. The third kappa shape index (κ3) is 3.77. The van der Waals surface area contributed by atoms with Crippen molar-refractivity contribution in [1.82, 2.24) is 15.1 Å². The van der Waals surface area contributed by atoms with Gasteiger partial charge in [0.2, 0.25) is 11.5 Å². The van der Waals surface area contributed by atoms with Crippen LogP contribution in [0.5, 0.6) is 0 Å². The molecule has 3 aliphatic rings. The van der Waals surface area contributed by atoms with Crippen molar-refractivity contribution in [2.45, 2.75) is 29.9 Å². The van der Waals surface area contributed by atoms with Gasteiger partial charge in [-0.15, -0.1) is 11.8 Å². The molecule has 0 radical (unpaired) electrons. The van der Waals surface area contributed by atoms with E-state index in [9.17, 15) is 19.2 Å². The topological polar surface area (TPSA) is 108 Å². The van der Waals surface area contributed by atoms with E-state index in [1.54, 1.807) is 34.9 Å². The van der Waals surface area contributed by atoms with Gasteiger partial charge < -0.3 is 20.3 Å². The van der Waals surface area contributed by atoms with Crippen molar-refractivity contribution >= 4 is 41.4 Å². The number of carbonyl (C=O) groups is 4. The molecule has 1 saturated heterocycles. The smallest absolute Gasteiger partial charge is 0.418 e. The summed E-state index contributed by atoms with van der Waals surface area (Å²) in [6, 6.07) is 12.7. The van der Waals surface area contributed by atoms with Crippen LogP contribution < -0.4 is 10.6 Å². The van der Waals surface area contributed by atoms with E-state index in [0.29, 0.717) is 37.2 Å². The zero-order valence-electron chi connectivity index (χ0n) is 18.6. The average molecular weight is 481 g/mol. The summed E-state index contributed by atoms with van der Waals surface area (Å²) in [6.07, 6.45) is 0.0113. The predicted molar refractivity (Wildman–Crippen MR) is 125 cm³/mol. The second-order valence-corrected chi connectivity index (χ2v) is 9.57. The Morgan fingerprint density at radius 1 is 1.15 bits per heavy atom. The summed E-state index contributed by atoms with van der Waals surface area (Å²) in [4.78, 5) is 54.6. The number of imide groups is 1. The first-order valence-electron chi connectivity index (χ1n) is 11.1. The molecule has 2 aromatic rings. The first-order chi connectivity index (χ1) is 16.4. The van der Waals surface area contributed by atoms with E-state index in [0.717, 1.165) is 26.7 Å². The minimum atomic E-state index is -1.42. The molecular weight excluding hydrogens is 456 g/mol. The zero-order chi connectivity index (χ0) is 23.9. The standard InChI is InChI=1S/C24H24N4O5S/c1-25-22(31)26-17-6-7-18-15(12-17)8-9-24(18)21(30)28(23(32)33-24)14-20(29)27-10-11-34-19-5-3-2-4-16(19)13-27/h2-7,12H,8-11,13-14H2,1H3,(H2,25,26,31). The van der Waals surface area contributed by atoms with Gasteiger partial charge in [-0.2, -0.15) is 0 Å². The summed E-state index contributed by atoms with van der Waals surface area (Å²) in [6.45, 7) is 0.621. The Morgan fingerprint density at radius 3 is 2.79 bits per heavy atom. The minimum absolute atomic E-state index is 0.289. The van der Waals surface area contributed by atoms with E-state index in [2.05, 4.69) is 10.6 Å². The van der Waals surface area contributed by atoms with Crippen molar-refractivity contribution in [2.24, 2.45) is 0 Å². The molecule has 10 heteroatoms. The molecule has 1 atom stereocenters. The van der Waals surface area contributed by atoms with Crippen molar-refractivity contribution in [1.29, 1.82) is 0 Å². The first kappa shape index (κ1) is 22.3. The Hall–Kier alpha value is -3.53. The highest BCUT2D eigenvalue weighted by molar-refractivity contribution is 7.99. The number of rotatable bonds is 3. The molecular formula is C24H24N4O5S. The number of anilines is 1. The molecule has 176 valence electrons. The molecule has 2 heterocycles. The van der Waals surface area contributed by atoms with Gasteiger partial charge in [0, 0.05) is 48.5 Å². The van der Waals surface area contributed by atoms with Crippen LogP contribution in [0.3, 0.4) is 0 Å². The molecule has 34 heavy (non-hydrogen) atoms. The maximum atomic E-state index is 13.4. The number of aryl methyl sites for hydroxylation is 1. The Kier molecular flexibility index (Phi) is 5.68. The van der Waals surface area contributed by atoms with Gasteiger partial charge in [0.05, 0.1) is 0 Å². The molecule has 0 bridgehead atoms. The van der Waals surface area contributed by atoms with Crippen LogP contribution in [0.4, 0.5) is 15.3 Å². The fraction of sp³-hybridized carbons (Fsp3) is 0.333. The molecule has 0 saturated carbocycles. The van der Waals surface area contributed by atoms with Gasteiger partial charge in [-0.25, -0.2) is 14.5 Å². The van der Waals surface area contributed by atoms with E-state index >= 15 is 0 Å². The number of ether oxygens (including phenoxy) is 1. The fourth-order valence-electron chi connectivity index (χ4n) is 4.70. The fourth-order valence-corrected chi connectivity index (χ4v) is 5.72. The summed E-state index contributed by atoms with van der Waals surface area (Å²) in [5.74, 6) is -0.0607. The molecule has 2 aromatic carbocycles. The first-order valence-corrected chi connectivity index (χ1v) is 12.1. The summed E-state index contributed by atoms with van der Waals surface area (Å²) in [5.41, 5.74) is 1.64. The summed E-state index contributed by atoms with van der Waals surface area (Å²) in [7, 11) is 1.52. The number of thioether (sulfide) groups is 1. The van der Waals surface area contributed by atoms with Crippen molar-refractivity contribution in [3.8, 4) is 0 Å². The van der Waals surface area contributed by atoms with Crippen LogP contribution in [0.1, 0.15) is 23.1 Å². The van der Waals surface area contributed by atoms with Crippen LogP contribution in [-0.4, -0.2) is 59.6 Å². The molecule has 5 rings (SSSR count). The van der Waals surface area contributed by atoms with E-state index in [1.165, 1.54) is 7.05 Å². The number of urea groups is 1. The van der Waals surface area contributed by atoms with Crippen LogP contribution in [0.25, 0.3) is 0 Å². The van der Waals surface area contributed by atoms with Crippen molar-refractivity contribution in [3.05, 3.63) is 59.2 Å². The largest absolute Gasteiger partial charge is 0.427 e. The maximum Gasteiger partial charge on any atom is 0.418 e. The van der Waals surface area contributed by atoms with Gasteiger partial charge in [0.1, 0.15) is 6.54 Å². The Labute approximate surface area is 200 Å². The zero-order valence-corrected chi connectivity index (χ0v) is 19.4. The Balaban J connectivity index is 1.33. The van der Waals surface area contributed by atoms with E-state index in [-0.39, 0.29) is 18.5 Å². The Bertz CT molecular complexity index is 1200. The van der Waals surface area contributed by atoms with Crippen LogP contribution in [0.15, 0.2) is 47.4 Å². The van der Waals surface area contributed by atoms with Gasteiger partial charge >= 0.3 is 12.1 Å². The number of hydrogen-bond donors (Lipinski definition) is 2. The molecule has 1 aliphatic carbocycles. The van der Waals surface area contributed by atoms with Gasteiger partial charge in [-0.1, -0.05) is 24.3 Å².